The number of hydrogen-bond donors (Lipinski definition) is 3. The Morgan fingerprint density at radius 2 is 2.00 bits per heavy atom. The van der Waals surface area contributed by atoms with E-state index in [2.05, 4.69) is 9.51 Å². The first-order valence-electron chi connectivity index (χ1n) is 3.99. The molecule has 2 rings (SSSR count). The summed E-state index contributed by atoms with van der Waals surface area (Å²) in [6, 6.07) is 6.99. The fourth-order valence-corrected chi connectivity index (χ4v) is 1.94. The Hall–Kier alpha value is -1.00. The molecule has 7 heteroatoms. The van der Waals surface area contributed by atoms with Crippen LogP contribution in [0, 0.1) is 0 Å². The van der Waals surface area contributed by atoms with E-state index in [-0.39, 0.29) is 10.9 Å². The maximum absolute atomic E-state index is 10.6. The van der Waals surface area contributed by atoms with E-state index in [9.17, 15) is 4.57 Å². The van der Waals surface area contributed by atoms with Gasteiger partial charge in [-0.2, -0.15) is 0 Å². The molecule has 0 saturated carbocycles. The van der Waals surface area contributed by atoms with Crippen molar-refractivity contribution in [1.82, 2.24) is 4.98 Å². The summed E-state index contributed by atoms with van der Waals surface area (Å²) in [6.45, 7) is 0. The van der Waals surface area contributed by atoms with Gasteiger partial charge in [0.1, 0.15) is 5.02 Å². The van der Waals surface area contributed by atoms with Crippen LogP contribution in [0.3, 0.4) is 0 Å². The summed E-state index contributed by atoms with van der Waals surface area (Å²) < 4.78 is 15.0. The molecule has 0 aliphatic rings. The number of para-hydroxylation sites is 1. The number of hydrogen-bond acceptors (Lipinski definition) is 2. The Morgan fingerprint density at radius 1 is 1.33 bits per heavy atom. The van der Waals surface area contributed by atoms with Crippen molar-refractivity contribution in [2.75, 3.05) is 0 Å². The van der Waals surface area contributed by atoms with Crippen LogP contribution in [0.5, 0.6) is 5.88 Å². The summed E-state index contributed by atoms with van der Waals surface area (Å²) in [6.07, 6.45) is 0. The zero-order valence-corrected chi connectivity index (χ0v) is 9.00. The summed E-state index contributed by atoms with van der Waals surface area (Å²) >= 11 is 5.86. The molecular formula is C8H7ClNO4P. The first-order valence-corrected chi connectivity index (χ1v) is 5.89. The van der Waals surface area contributed by atoms with Crippen molar-refractivity contribution in [3.8, 4) is 5.88 Å². The third-order valence-corrected chi connectivity index (χ3v) is 2.62. The number of fused-ring (bicyclic) bond motifs is 1. The van der Waals surface area contributed by atoms with Crippen LogP contribution in [-0.4, -0.2) is 14.8 Å². The van der Waals surface area contributed by atoms with Crippen LogP contribution in [0.2, 0.25) is 5.02 Å². The van der Waals surface area contributed by atoms with Crippen LogP contribution in [-0.2, 0) is 4.57 Å². The minimum absolute atomic E-state index is 0.119. The van der Waals surface area contributed by atoms with E-state index in [4.69, 9.17) is 21.4 Å². The smallest absolute Gasteiger partial charge is 0.386 e. The molecule has 0 atom stereocenters. The lowest BCUT2D eigenvalue weighted by atomic mass is 10.2. The molecule has 0 fully saturated rings. The van der Waals surface area contributed by atoms with Gasteiger partial charge in [-0.3, -0.25) is 9.79 Å². The molecule has 80 valence electrons. The van der Waals surface area contributed by atoms with Crippen molar-refractivity contribution in [2.24, 2.45) is 0 Å². The molecule has 15 heavy (non-hydrogen) atoms. The quantitative estimate of drug-likeness (QED) is 0.711. The van der Waals surface area contributed by atoms with E-state index < -0.39 is 7.82 Å². The highest BCUT2D eigenvalue weighted by atomic mass is 35.5. The summed E-state index contributed by atoms with van der Waals surface area (Å²) in [7, 11) is -4.59. The van der Waals surface area contributed by atoms with Gasteiger partial charge in [0.25, 0.3) is 0 Å². The lowest BCUT2D eigenvalue weighted by Gasteiger charge is -2.03. The second kappa shape index (κ2) is 3.54. The van der Waals surface area contributed by atoms with E-state index in [1.165, 1.54) is 0 Å². The van der Waals surface area contributed by atoms with Crippen molar-refractivity contribution >= 4 is 30.3 Å². The fraction of sp³-hybridized carbons (Fsp3) is 0. The molecule has 0 radical (unpaired) electrons. The molecule has 1 aromatic heterocycles. The second-order valence-corrected chi connectivity index (χ2v) is 4.44. The molecule has 0 aliphatic carbocycles. The van der Waals surface area contributed by atoms with Gasteiger partial charge in [-0.1, -0.05) is 29.8 Å². The first kappa shape index (κ1) is 10.5. The van der Waals surface area contributed by atoms with Gasteiger partial charge in [-0.15, -0.1) is 0 Å². The zero-order valence-electron chi connectivity index (χ0n) is 7.35. The lowest BCUT2D eigenvalue weighted by Crippen LogP contribution is -1.90. The van der Waals surface area contributed by atoms with Gasteiger partial charge in [0.2, 0.25) is 5.88 Å². The summed E-state index contributed by atoms with van der Waals surface area (Å²) in [4.78, 5) is 19.9. The molecule has 0 amide bonds. The maximum Gasteiger partial charge on any atom is 0.526 e. The van der Waals surface area contributed by atoms with Gasteiger partial charge in [0.15, 0.2) is 0 Å². The molecule has 1 aromatic carbocycles. The molecular weight excluding hydrogens is 241 g/mol. The van der Waals surface area contributed by atoms with E-state index in [1.807, 2.05) is 0 Å². The predicted octanol–water partition coefficient (Wildman–Crippen LogP) is 2.29. The normalized spacial score (nSPS) is 11.9. The predicted molar refractivity (Wildman–Crippen MR) is 56.0 cm³/mol. The Morgan fingerprint density at radius 3 is 2.60 bits per heavy atom. The lowest BCUT2D eigenvalue weighted by molar-refractivity contribution is 0.280. The molecule has 0 bridgehead atoms. The minimum atomic E-state index is -4.59. The molecule has 0 aliphatic heterocycles. The van der Waals surface area contributed by atoms with Crippen molar-refractivity contribution in [1.29, 1.82) is 0 Å². The highest BCUT2D eigenvalue weighted by molar-refractivity contribution is 7.46. The van der Waals surface area contributed by atoms with E-state index in [0.29, 0.717) is 10.9 Å². The molecule has 0 unspecified atom stereocenters. The van der Waals surface area contributed by atoms with E-state index in [1.54, 1.807) is 24.3 Å². The van der Waals surface area contributed by atoms with Gasteiger partial charge < -0.3 is 9.51 Å². The van der Waals surface area contributed by atoms with Crippen LogP contribution in [0.15, 0.2) is 24.3 Å². The highest BCUT2D eigenvalue weighted by Crippen LogP contribution is 2.42. The number of phosphoric ester groups is 1. The zero-order chi connectivity index (χ0) is 11.1. The van der Waals surface area contributed by atoms with Crippen LogP contribution in [0.4, 0.5) is 0 Å². The number of aromatic nitrogens is 1. The number of benzene rings is 1. The van der Waals surface area contributed by atoms with E-state index >= 15 is 0 Å². The van der Waals surface area contributed by atoms with Gasteiger partial charge >= 0.3 is 7.82 Å². The third kappa shape index (κ3) is 2.16. The Bertz CT molecular complexity index is 547. The van der Waals surface area contributed by atoms with Crippen molar-refractivity contribution in [3.05, 3.63) is 29.3 Å². The molecule has 5 nitrogen and oxygen atoms in total. The third-order valence-electron chi connectivity index (χ3n) is 1.82. The van der Waals surface area contributed by atoms with Crippen molar-refractivity contribution < 1.29 is 18.9 Å². The Balaban J connectivity index is 2.54. The number of H-pyrrole nitrogens is 1. The topological polar surface area (TPSA) is 82.6 Å². The standard InChI is InChI=1S/C8H7ClNO4P/c9-7-5-3-1-2-4-6(5)10-8(7)14-15(11,12)13/h1-4,10H,(H2,11,12,13). The monoisotopic (exact) mass is 247 g/mol. The minimum Gasteiger partial charge on any atom is -0.386 e. The van der Waals surface area contributed by atoms with Crippen molar-refractivity contribution in [2.45, 2.75) is 0 Å². The number of aromatic amines is 1. The Kier molecular flexibility index (Phi) is 2.48. The van der Waals surface area contributed by atoms with Crippen LogP contribution in [0.1, 0.15) is 0 Å². The van der Waals surface area contributed by atoms with Gasteiger partial charge in [0, 0.05) is 10.9 Å². The molecule has 3 N–H and O–H groups in total. The average molecular weight is 248 g/mol. The first-order chi connectivity index (χ1) is 6.97. The molecule has 1 heterocycles. The van der Waals surface area contributed by atoms with Gasteiger partial charge in [0.05, 0.1) is 0 Å². The summed E-state index contributed by atoms with van der Waals surface area (Å²) in [5.74, 6) is -0.119. The van der Waals surface area contributed by atoms with Crippen LogP contribution >= 0.6 is 19.4 Å². The van der Waals surface area contributed by atoms with Crippen LogP contribution < -0.4 is 4.52 Å². The second-order valence-electron chi connectivity index (χ2n) is 2.90. The average Bonchev–Trinajstić information content (AvgIpc) is 2.42. The number of phosphoric acid groups is 1. The fourth-order valence-electron chi connectivity index (χ4n) is 1.26. The van der Waals surface area contributed by atoms with Gasteiger partial charge in [-0.05, 0) is 6.07 Å². The highest BCUT2D eigenvalue weighted by Gasteiger charge is 2.20. The SMILES string of the molecule is O=P(O)(O)Oc1[nH]c2ccccc2c1Cl. The van der Waals surface area contributed by atoms with Gasteiger partial charge in [-0.25, -0.2) is 4.57 Å². The number of nitrogens with one attached hydrogen (secondary N) is 1. The van der Waals surface area contributed by atoms with E-state index in [0.717, 1.165) is 0 Å². The van der Waals surface area contributed by atoms with Crippen molar-refractivity contribution in [3.63, 3.8) is 0 Å². The Labute approximate surface area is 89.9 Å². The van der Waals surface area contributed by atoms with Crippen LogP contribution in [0.25, 0.3) is 10.9 Å². The molecule has 0 spiro atoms. The molecule has 2 aromatic rings. The summed E-state index contributed by atoms with van der Waals surface area (Å²) in [5.41, 5.74) is 0.658. The largest absolute Gasteiger partial charge is 0.526 e. The number of rotatable bonds is 2. The molecule has 0 saturated heterocycles. The summed E-state index contributed by atoms with van der Waals surface area (Å²) in [5, 5.41) is 0.816. The maximum atomic E-state index is 10.6. The number of halogens is 1.